The fourth-order valence-corrected chi connectivity index (χ4v) is 0.940. The molecule has 0 saturated carbocycles. The van der Waals surface area contributed by atoms with Crippen LogP contribution < -0.4 is 11.1 Å². The number of nitrogen functional groups attached to an aromatic ring is 1. The molecule has 0 aliphatic carbocycles. The number of carbonyl (C=O) groups is 1. The van der Waals surface area contributed by atoms with Gasteiger partial charge in [-0.05, 0) is 19.1 Å². The first-order valence-electron chi connectivity index (χ1n) is 3.59. The molecule has 0 aliphatic rings. The van der Waals surface area contributed by atoms with Crippen molar-refractivity contribution in [3.63, 3.8) is 0 Å². The molecule has 0 unspecified atom stereocenters. The van der Waals surface area contributed by atoms with Crippen LogP contribution in [0.2, 0.25) is 0 Å². The van der Waals surface area contributed by atoms with Crippen molar-refractivity contribution in [3.8, 4) is 0 Å². The molecule has 3 N–H and O–H groups in total. The second-order valence-corrected chi connectivity index (χ2v) is 2.51. The van der Waals surface area contributed by atoms with Gasteiger partial charge in [0, 0.05) is 18.4 Å². The summed E-state index contributed by atoms with van der Waals surface area (Å²) in [4.78, 5) is 15.1. The SMILES string of the molecule is CNC(=O)c1cc(N)cc(C)n1. The molecule has 1 rings (SSSR count). The normalized spacial score (nSPS) is 9.50. The molecule has 0 fully saturated rings. The third-order valence-electron chi connectivity index (χ3n) is 1.44. The molecule has 4 heteroatoms. The van der Waals surface area contributed by atoms with Gasteiger partial charge in [-0.1, -0.05) is 0 Å². The molecule has 0 aliphatic heterocycles. The lowest BCUT2D eigenvalue weighted by Gasteiger charge is -2.01. The zero-order valence-electron chi connectivity index (χ0n) is 7.09. The predicted octanol–water partition coefficient (Wildman–Crippen LogP) is 0.332. The third kappa shape index (κ3) is 1.72. The number of rotatable bonds is 1. The van der Waals surface area contributed by atoms with E-state index in [2.05, 4.69) is 10.3 Å². The van der Waals surface area contributed by atoms with E-state index in [4.69, 9.17) is 5.73 Å². The molecule has 0 aromatic carbocycles. The molecule has 1 heterocycles. The summed E-state index contributed by atoms with van der Waals surface area (Å²) in [6.45, 7) is 1.79. The van der Waals surface area contributed by atoms with Gasteiger partial charge in [-0.25, -0.2) is 4.98 Å². The summed E-state index contributed by atoms with van der Waals surface area (Å²) in [6, 6.07) is 3.26. The molecule has 1 aromatic rings. The number of aromatic nitrogens is 1. The lowest BCUT2D eigenvalue weighted by Crippen LogP contribution is -2.19. The van der Waals surface area contributed by atoms with E-state index in [0.717, 1.165) is 5.69 Å². The summed E-state index contributed by atoms with van der Waals surface area (Å²) in [5, 5.41) is 2.48. The van der Waals surface area contributed by atoms with Gasteiger partial charge in [-0.3, -0.25) is 4.79 Å². The highest BCUT2D eigenvalue weighted by Crippen LogP contribution is 2.06. The van der Waals surface area contributed by atoms with Crippen molar-refractivity contribution in [1.82, 2.24) is 10.3 Å². The van der Waals surface area contributed by atoms with Crippen molar-refractivity contribution in [3.05, 3.63) is 23.5 Å². The highest BCUT2D eigenvalue weighted by Gasteiger charge is 2.05. The molecular weight excluding hydrogens is 154 g/mol. The molecular formula is C8H11N3O. The molecule has 64 valence electrons. The van der Waals surface area contributed by atoms with Gasteiger partial charge < -0.3 is 11.1 Å². The van der Waals surface area contributed by atoms with Crippen molar-refractivity contribution in [2.24, 2.45) is 0 Å². The molecule has 0 spiro atoms. The quantitative estimate of drug-likeness (QED) is 0.630. The number of nitrogens with one attached hydrogen (secondary N) is 1. The molecule has 0 radical (unpaired) electrons. The first-order valence-corrected chi connectivity index (χ1v) is 3.59. The number of anilines is 1. The maximum atomic E-state index is 11.1. The van der Waals surface area contributed by atoms with E-state index < -0.39 is 0 Å². The van der Waals surface area contributed by atoms with Crippen LogP contribution in [0.1, 0.15) is 16.2 Å². The monoisotopic (exact) mass is 165 g/mol. The van der Waals surface area contributed by atoms with Gasteiger partial charge in [0.2, 0.25) is 0 Å². The Morgan fingerprint density at radius 3 is 2.75 bits per heavy atom. The fourth-order valence-electron chi connectivity index (χ4n) is 0.940. The van der Waals surface area contributed by atoms with Crippen LogP contribution in [0, 0.1) is 6.92 Å². The van der Waals surface area contributed by atoms with E-state index in [9.17, 15) is 4.79 Å². The number of hydrogen-bond donors (Lipinski definition) is 2. The van der Waals surface area contributed by atoms with Crippen LogP contribution in [-0.4, -0.2) is 17.9 Å². The topological polar surface area (TPSA) is 68.0 Å². The minimum Gasteiger partial charge on any atom is -0.399 e. The summed E-state index contributed by atoms with van der Waals surface area (Å²) in [6.07, 6.45) is 0. The molecule has 0 bridgehead atoms. The molecule has 1 amide bonds. The number of aryl methyl sites for hydroxylation is 1. The zero-order chi connectivity index (χ0) is 9.14. The van der Waals surface area contributed by atoms with Gasteiger partial charge >= 0.3 is 0 Å². The van der Waals surface area contributed by atoms with E-state index >= 15 is 0 Å². The Bertz CT molecular complexity index is 289. The van der Waals surface area contributed by atoms with Crippen LogP contribution in [-0.2, 0) is 0 Å². The largest absolute Gasteiger partial charge is 0.399 e. The second kappa shape index (κ2) is 3.21. The van der Waals surface area contributed by atoms with Crippen molar-refractivity contribution < 1.29 is 4.79 Å². The third-order valence-corrected chi connectivity index (χ3v) is 1.44. The summed E-state index contributed by atoms with van der Waals surface area (Å²) in [5.41, 5.74) is 7.19. The highest BCUT2D eigenvalue weighted by molar-refractivity contribution is 5.92. The van der Waals surface area contributed by atoms with E-state index in [1.165, 1.54) is 0 Å². The van der Waals surface area contributed by atoms with Crippen molar-refractivity contribution in [2.75, 3.05) is 12.8 Å². The van der Waals surface area contributed by atoms with E-state index in [1.54, 1.807) is 26.1 Å². The molecule has 0 atom stereocenters. The lowest BCUT2D eigenvalue weighted by molar-refractivity contribution is 0.0958. The van der Waals surface area contributed by atoms with E-state index in [-0.39, 0.29) is 5.91 Å². The zero-order valence-corrected chi connectivity index (χ0v) is 7.09. The number of amides is 1. The fraction of sp³-hybridized carbons (Fsp3) is 0.250. The van der Waals surface area contributed by atoms with Gasteiger partial charge in [0.05, 0.1) is 0 Å². The van der Waals surface area contributed by atoms with Gasteiger partial charge in [0.15, 0.2) is 0 Å². The minimum atomic E-state index is -0.217. The van der Waals surface area contributed by atoms with Crippen molar-refractivity contribution in [1.29, 1.82) is 0 Å². The number of carbonyl (C=O) groups excluding carboxylic acids is 1. The van der Waals surface area contributed by atoms with E-state index in [0.29, 0.717) is 11.4 Å². The number of pyridine rings is 1. The first kappa shape index (κ1) is 8.52. The Labute approximate surface area is 70.8 Å². The Hall–Kier alpha value is -1.58. The van der Waals surface area contributed by atoms with Crippen molar-refractivity contribution >= 4 is 11.6 Å². The second-order valence-electron chi connectivity index (χ2n) is 2.51. The predicted molar refractivity (Wildman–Crippen MR) is 46.8 cm³/mol. The van der Waals surface area contributed by atoms with Crippen LogP contribution in [0.25, 0.3) is 0 Å². The average molecular weight is 165 g/mol. The number of nitrogens with two attached hydrogens (primary N) is 1. The smallest absolute Gasteiger partial charge is 0.269 e. The highest BCUT2D eigenvalue weighted by atomic mass is 16.1. The Morgan fingerprint density at radius 2 is 2.25 bits per heavy atom. The summed E-state index contributed by atoms with van der Waals surface area (Å²) in [7, 11) is 1.56. The molecule has 4 nitrogen and oxygen atoms in total. The first-order chi connectivity index (χ1) is 5.63. The Morgan fingerprint density at radius 1 is 1.58 bits per heavy atom. The number of hydrogen-bond acceptors (Lipinski definition) is 3. The number of nitrogens with zero attached hydrogens (tertiary/aromatic N) is 1. The summed E-state index contributed by atoms with van der Waals surface area (Å²) in [5.74, 6) is -0.217. The average Bonchev–Trinajstić information content (AvgIpc) is 2.01. The van der Waals surface area contributed by atoms with Crippen LogP contribution in [0.4, 0.5) is 5.69 Å². The van der Waals surface area contributed by atoms with Gasteiger partial charge in [0.1, 0.15) is 5.69 Å². The standard InChI is InChI=1S/C8H11N3O/c1-5-3-6(9)4-7(11-5)8(12)10-2/h3-4H,1-2H3,(H2,9,11)(H,10,12). The Kier molecular flexibility index (Phi) is 2.28. The maximum Gasteiger partial charge on any atom is 0.269 e. The van der Waals surface area contributed by atoms with Crippen LogP contribution in [0.5, 0.6) is 0 Å². The summed E-state index contributed by atoms with van der Waals surface area (Å²) >= 11 is 0. The van der Waals surface area contributed by atoms with E-state index in [1.807, 2.05) is 0 Å². The van der Waals surface area contributed by atoms with Crippen molar-refractivity contribution in [2.45, 2.75) is 6.92 Å². The van der Waals surface area contributed by atoms with Gasteiger partial charge in [-0.15, -0.1) is 0 Å². The molecule has 1 aromatic heterocycles. The van der Waals surface area contributed by atoms with Crippen LogP contribution in [0.3, 0.4) is 0 Å². The maximum absolute atomic E-state index is 11.1. The minimum absolute atomic E-state index is 0.217. The lowest BCUT2D eigenvalue weighted by atomic mass is 10.2. The van der Waals surface area contributed by atoms with Crippen LogP contribution >= 0.6 is 0 Å². The molecule has 0 saturated heterocycles. The van der Waals surface area contributed by atoms with Crippen LogP contribution in [0.15, 0.2) is 12.1 Å². The molecule has 12 heavy (non-hydrogen) atoms. The van der Waals surface area contributed by atoms with Gasteiger partial charge in [0.25, 0.3) is 5.91 Å². The Balaban J connectivity index is 3.08. The summed E-state index contributed by atoms with van der Waals surface area (Å²) < 4.78 is 0. The van der Waals surface area contributed by atoms with Gasteiger partial charge in [-0.2, -0.15) is 0 Å².